The van der Waals surface area contributed by atoms with Gasteiger partial charge in [-0.1, -0.05) is 0 Å². The summed E-state index contributed by atoms with van der Waals surface area (Å²) in [5.74, 6) is -0.0383. The van der Waals surface area contributed by atoms with Crippen LogP contribution in [0.4, 0.5) is 0 Å². The molecule has 3 aliphatic carbocycles. The number of aliphatic hydroxyl groups excluding tert-OH is 7. The van der Waals surface area contributed by atoms with Gasteiger partial charge in [0.2, 0.25) is 0 Å². The lowest BCUT2D eigenvalue weighted by atomic mass is 9.81. The molecule has 17 nitrogen and oxygen atoms in total. The van der Waals surface area contributed by atoms with Crippen molar-refractivity contribution in [3.63, 3.8) is 0 Å². The van der Waals surface area contributed by atoms with E-state index in [1.165, 1.54) is 0 Å². The molecule has 13 atom stereocenters. The van der Waals surface area contributed by atoms with Gasteiger partial charge in [-0.15, -0.1) is 0 Å². The van der Waals surface area contributed by atoms with E-state index in [1.807, 2.05) is 0 Å². The predicted octanol–water partition coefficient (Wildman–Crippen LogP) is -5.98. The van der Waals surface area contributed by atoms with Gasteiger partial charge in [0, 0.05) is 57.1 Å². The Labute approximate surface area is 256 Å². The molecule has 10 unspecified atom stereocenters. The van der Waals surface area contributed by atoms with Crippen molar-refractivity contribution < 1.29 is 59.9 Å². The standard InChI is InChI=1S/C21H39N5O7.C5H10O4.CH4O/c22-10-1-9(2-10)7-25-8-15-18(29)13(27)5-17(32-15)33-19-12(23)3-11(4-14(19)28)26-20(30)21(31)6-16(21)24;6-3-1-4(7)5(8)9-2-3;1-2/h9-19,25,27-29,31H,1-8,22-24H2,(H,26,30);3-8H,1-2H2;2H,1H3/t9?,10?,11?,12?,13?,14?,15?,16?,17-,18+,19-,21?;;/m1../s1. The summed E-state index contributed by atoms with van der Waals surface area (Å²) >= 11 is 0. The highest BCUT2D eigenvalue weighted by Crippen LogP contribution is 2.35. The second kappa shape index (κ2) is 16.6. The molecule has 0 aromatic rings. The van der Waals surface area contributed by atoms with Crippen molar-refractivity contribution in [2.75, 3.05) is 26.8 Å². The van der Waals surface area contributed by atoms with Gasteiger partial charge < -0.3 is 82.9 Å². The molecule has 3 saturated carbocycles. The van der Waals surface area contributed by atoms with E-state index in [4.69, 9.17) is 47.1 Å². The summed E-state index contributed by atoms with van der Waals surface area (Å²) in [6.45, 7) is 1.22. The number of amides is 1. The summed E-state index contributed by atoms with van der Waals surface area (Å²) in [4.78, 5) is 12.2. The lowest BCUT2D eigenvalue weighted by molar-refractivity contribution is -0.276. The summed E-state index contributed by atoms with van der Waals surface area (Å²) in [7, 11) is 1.00. The van der Waals surface area contributed by atoms with E-state index in [0.717, 1.165) is 26.5 Å². The molecule has 16 N–H and O–H groups in total. The fourth-order valence-electron chi connectivity index (χ4n) is 5.94. The zero-order valence-electron chi connectivity index (χ0n) is 25.1. The molecular formula is C27H53N5O12. The smallest absolute Gasteiger partial charge is 0.253 e. The lowest BCUT2D eigenvalue weighted by Gasteiger charge is -2.43. The highest BCUT2D eigenvalue weighted by Gasteiger charge is 2.57. The summed E-state index contributed by atoms with van der Waals surface area (Å²) in [5.41, 5.74) is 16.1. The molecule has 0 aromatic heterocycles. The zero-order chi connectivity index (χ0) is 32.8. The molecule has 5 rings (SSSR count). The Hall–Kier alpha value is -1.13. The first-order valence-corrected chi connectivity index (χ1v) is 15.2. The summed E-state index contributed by atoms with van der Waals surface area (Å²) in [5, 5.41) is 80.6. The lowest BCUT2D eigenvalue weighted by Crippen LogP contribution is -2.60. The SMILES string of the molecule is CO.NC1CC(CNCC2O[C@H](O[C@@H]3C(N)CC(NC(=O)C4(O)CC4N)CC3O)CC(O)[C@@H]2O)C1.OC1COC(O)C(O)C1. The minimum absolute atomic E-state index is 0.0518. The van der Waals surface area contributed by atoms with Gasteiger partial charge in [-0.3, -0.25) is 4.79 Å². The third kappa shape index (κ3) is 9.93. The Balaban J connectivity index is 0.000000409. The second-order valence-corrected chi connectivity index (χ2v) is 12.5. The Morgan fingerprint density at radius 3 is 2.11 bits per heavy atom. The van der Waals surface area contributed by atoms with E-state index < -0.39 is 84.9 Å². The number of aliphatic hydroxyl groups is 8. The van der Waals surface area contributed by atoms with Crippen molar-refractivity contribution in [3.8, 4) is 0 Å². The normalized spacial score (nSPS) is 46.7. The molecule has 5 aliphatic rings. The van der Waals surface area contributed by atoms with Crippen molar-refractivity contribution in [1.82, 2.24) is 10.6 Å². The third-order valence-corrected chi connectivity index (χ3v) is 8.79. The van der Waals surface area contributed by atoms with E-state index in [9.17, 15) is 25.2 Å². The van der Waals surface area contributed by atoms with Gasteiger partial charge in [-0.2, -0.15) is 0 Å². The highest BCUT2D eigenvalue weighted by atomic mass is 16.7. The molecule has 5 fully saturated rings. The van der Waals surface area contributed by atoms with Crippen LogP contribution in [0.5, 0.6) is 0 Å². The Bertz CT molecular complexity index is 878. The van der Waals surface area contributed by atoms with Crippen LogP contribution in [0, 0.1) is 5.92 Å². The van der Waals surface area contributed by atoms with Crippen molar-refractivity contribution in [1.29, 1.82) is 0 Å². The van der Waals surface area contributed by atoms with Gasteiger partial charge in [0.25, 0.3) is 5.91 Å². The molecular weight excluding hydrogens is 586 g/mol. The molecule has 0 bridgehead atoms. The highest BCUT2D eigenvalue weighted by molar-refractivity contribution is 5.89. The summed E-state index contributed by atoms with van der Waals surface area (Å²) in [6, 6.07) is -1.33. The molecule has 0 radical (unpaired) electrons. The van der Waals surface area contributed by atoms with Crippen LogP contribution in [0.25, 0.3) is 0 Å². The average molecular weight is 640 g/mol. The van der Waals surface area contributed by atoms with Crippen LogP contribution in [-0.2, 0) is 19.0 Å². The Morgan fingerprint density at radius 1 is 0.909 bits per heavy atom. The molecule has 2 heterocycles. The monoisotopic (exact) mass is 639 g/mol. The largest absolute Gasteiger partial charge is 0.400 e. The van der Waals surface area contributed by atoms with Gasteiger partial charge in [0.15, 0.2) is 18.2 Å². The van der Waals surface area contributed by atoms with E-state index >= 15 is 0 Å². The third-order valence-electron chi connectivity index (χ3n) is 8.79. The quantitative estimate of drug-likeness (QED) is 0.118. The first kappa shape index (κ1) is 37.3. The van der Waals surface area contributed by atoms with Gasteiger partial charge in [-0.05, 0) is 38.1 Å². The van der Waals surface area contributed by atoms with Crippen LogP contribution in [0.3, 0.4) is 0 Å². The zero-order valence-corrected chi connectivity index (χ0v) is 25.1. The van der Waals surface area contributed by atoms with Crippen molar-refractivity contribution in [3.05, 3.63) is 0 Å². The number of nitrogens with one attached hydrogen (secondary N) is 2. The molecule has 1 amide bonds. The average Bonchev–Trinajstić information content (AvgIpc) is 3.58. The molecule has 2 aliphatic heterocycles. The van der Waals surface area contributed by atoms with Crippen LogP contribution >= 0.6 is 0 Å². The maximum absolute atomic E-state index is 12.2. The fraction of sp³-hybridized carbons (Fsp3) is 0.963. The van der Waals surface area contributed by atoms with Gasteiger partial charge >= 0.3 is 0 Å². The minimum Gasteiger partial charge on any atom is -0.400 e. The van der Waals surface area contributed by atoms with E-state index in [1.54, 1.807) is 0 Å². The van der Waals surface area contributed by atoms with E-state index in [-0.39, 0.29) is 38.3 Å². The van der Waals surface area contributed by atoms with E-state index in [2.05, 4.69) is 15.4 Å². The Morgan fingerprint density at radius 2 is 1.57 bits per heavy atom. The summed E-state index contributed by atoms with van der Waals surface area (Å²) in [6.07, 6.45) is -5.07. The number of rotatable bonds is 8. The minimum atomic E-state index is -1.54. The van der Waals surface area contributed by atoms with Gasteiger partial charge in [0.1, 0.15) is 24.4 Å². The molecule has 44 heavy (non-hydrogen) atoms. The van der Waals surface area contributed by atoms with Crippen molar-refractivity contribution in [2.24, 2.45) is 23.1 Å². The molecule has 0 spiro atoms. The number of hydrogen-bond donors (Lipinski definition) is 13. The van der Waals surface area contributed by atoms with Crippen molar-refractivity contribution in [2.45, 2.75) is 130 Å². The van der Waals surface area contributed by atoms with Crippen molar-refractivity contribution >= 4 is 5.91 Å². The number of nitrogens with two attached hydrogens (primary N) is 3. The number of hydrogen-bond acceptors (Lipinski definition) is 16. The van der Waals surface area contributed by atoms with Gasteiger partial charge in [-0.25, -0.2) is 0 Å². The second-order valence-electron chi connectivity index (χ2n) is 12.5. The topological polar surface area (TPSA) is 309 Å². The molecule has 0 aromatic carbocycles. The first-order valence-electron chi connectivity index (χ1n) is 15.2. The first-order chi connectivity index (χ1) is 20.8. The molecule has 258 valence electrons. The van der Waals surface area contributed by atoms with Crippen LogP contribution in [0.2, 0.25) is 0 Å². The number of carbonyl (C=O) groups is 1. The van der Waals surface area contributed by atoms with Crippen LogP contribution in [-0.4, -0.2) is 159 Å². The predicted molar refractivity (Wildman–Crippen MR) is 153 cm³/mol. The van der Waals surface area contributed by atoms with Gasteiger partial charge in [0.05, 0.1) is 24.9 Å². The van der Waals surface area contributed by atoms with Crippen LogP contribution in [0.1, 0.15) is 44.9 Å². The molecule has 2 saturated heterocycles. The fourth-order valence-corrected chi connectivity index (χ4v) is 5.94. The number of ether oxygens (including phenoxy) is 3. The van der Waals surface area contributed by atoms with Crippen LogP contribution < -0.4 is 27.8 Å². The Kier molecular flexibility index (Phi) is 14.1. The van der Waals surface area contributed by atoms with E-state index in [0.29, 0.717) is 18.9 Å². The maximum atomic E-state index is 12.2. The maximum Gasteiger partial charge on any atom is 0.253 e. The molecule has 17 heteroatoms. The van der Waals surface area contributed by atoms with Crippen LogP contribution in [0.15, 0.2) is 0 Å². The summed E-state index contributed by atoms with van der Waals surface area (Å²) < 4.78 is 16.4. The number of carbonyl (C=O) groups excluding carboxylic acids is 1.